The number of thiocarbonyl (C=S) groups is 1. The average Bonchev–Trinajstić information content (AvgIpc) is 3.10. The fourth-order valence-corrected chi connectivity index (χ4v) is 3.84. The van der Waals surface area contributed by atoms with Gasteiger partial charge < -0.3 is 9.73 Å². The van der Waals surface area contributed by atoms with Gasteiger partial charge >= 0.3 is 0 Å². The quantitative estimate of drug-likeness (QED) is 0.400. The summed E-state index contributed by atoms with van der Waals surface area (Å²) < 4.78 is 5.93. The van der Waals surface area contributed by atoms with Crippen molar-refractivity contribution in [1.29, 1.82) is 0 Å². The third-order valence-corrected chi connectivity index (χ3v) is 5.17. The number of nitrogens with zero attached hydrogens (tertiary/aromatic N) is 1. The minimum absolute atomic E-state index is 0.224. The predicted molar refractivity (Wildman–Crippen MR) is 129 cm³/mol. The SMILES string of the molecule is Cc1cc(C)cc(-c2nc3cc(NC(=S)NC(=O)c4ccc(C)cc4C)ccc3o2)c1. The summed E-state index contributed by atoms with van der Waals surface area (Å²) in [5.41, 5.74) is 7.98. The molecule has 0 aliphatic carbocycles. The highest BCUT2D eigenvalue weighted by Gasteiger charge is 2.13. The summed E-state index contributed by atoms with van der Waals surface area (Å²) >= 11 is 5.33. The van der Waals surface area contributed by atoms with Crippen LogP contribution in [-0.2, 0) is 0 Å². The largest absolute Gasteiger partial charge is 0.436 e. The maximum absolute atomic E-state index is 12.5. The maximum atomic E-state index is 12.5. The van der Waals surface area contributed by atoms with E-state index in [9.17, 15) is 4.79 Å². The molecule has 1 amide bonds. The molecule has 0 aliphatic rings. The van der Waals surface area contributed by atoms with Gasteiger partial charge in [-0.3, -0.25) is 10.1 Å². The predicted octanol–water partition coefficient (Wildman–Crippen LogP) is 5.86. The molecule has 3 aromatic carbocycles. The van der Waals surface area contributed by atoms with Crippen LogP contribution in [0, 0.1) is 27.7 Å². The summed E-state index contributed by atoms with van der Waals surface area (Å²) in [6.45, 7) is 8.00. The Morgan fingerprint density at radius 2 is 1.65 bits per heavy atom. The lowest BCUT2D eigenvalue weighted by Crippen LogP contribution is -2.34. The third-order valence-electron chi connectivity index (χ3n) is 4.97. The van der Waals surface area contributed by atoms with Crippen molar-refractivity contribution in [3.8, 4) is 11.5 Å². The first-order chi connectivity index (χ1) is 14.8. The molecule has 0 saturated carbocycles. The first-order valence-corrected chi connectivity index (χ1v) is 10.4. The van der Waals surface area contributed by atoms with Gasteiger partial charge in [0.25, 0.3) is 5.91 Å². The Balaban J connectivity index is 1.50. The molecular formula is C25H23N3O2S. The van der Waals surface area contributed by atoms with E-state index in [1.54, 1.807) is 6.07 Å². The van der Waals surface area contributed by atoms with Gasteiger partial charge in [0.1, 0.15) is 5.52 Å². The number of aromatic nitrogens is 1. The van der Waals surface area contributed by atoms with Crippen LogP contribution in [-0.4, -0.2) is 16.0 Å². The molecule has 5 nitrogen and oxygen atoms in total. The molecule has 4 aromatic rings. The van der Waals surface area contributed by atoms with Crippen molar-refractivity contribution in [2.75, 3.05) is 5.32 Å². The van der Waals surface area contributed by atoms with Crippen LogP contribution in [0.2, 0.25) is 0 Å². The van der Waals surface area contributed by atoms with Crippen molar-refractivity contribution in [1.82, 2.24) is 10.3 Å². The summed E-state index contributed by atoms with van der Waals surface area (Å²) in [6.07, 6.45) is 0. The van der Waals surface area contributed by atoms with Crippen LogP contribution in [0.15, 0.2) is 59.0 Å². The number of carbonyl (C=O) groups excluding carboxylic acids is 1. The molecule has 1 heterocycles. The zero-order chi connectivity index (χ0) is 22.1. The Morgan fingerprint density at radius 3 is 2.35 bits per heavy atom. The first-order valence-electron chi connectivity index (χ1n) is 9.97. The minimum atomic E-state index is -0.241. The normalized spacial score (nSPS) is 10.8. The van der Waals surface area contributed by atoms with Gasteiger partial charge in [-0.15, -0.1) is 0 Å². The molecule has 0 fully saturated rings. The van der Waals surface area contributed by atoms with Crippen LogP contribution in [0.25, 0.3) is 22.6 Å². The number of hydrogen-bond acceptors (Lipinski definition) is 4. The monoisotopic (exact) mass is 429 g/mol. The molecule has 2 N–H and O–H groups in total. The molecule has 0 aliphatic heterocycles. The number of rotatable bonds is 3. The van der Waals surface area contributed by atoms with Gasteiger partial charge in [-0.05, 0) is 81.9 Å². The van der Waals surface area contributed by atoms with Crippen molar-refractivity contribution in [3.05, 3.63) is 82.4 Å². The van der Waals surface area contributed by atoms with Gasteiger partial charge in [-0.25, -0.2) is 4.98 Å². The summed E-state index contributed by atoms with van der Waals surface area (Å²) in [7, 11) is 0. The highest BCUT2D eigenvalue weighted by molar-refractivity contribution is 7.80. The molecule has 156 valence electrons. The molecule has 0 bridgehead atoms. The number of carbonyl (C=O) groups is 1. The summed E-state index contributed by atoms with van der Waals surface area (Å²) in [5, 5.41) is 6.01. The molecular weight excluding hydrogens is 406 g/mol. The smallest absolute Gasteiger partial charge is 0.257 e. The standard InChI is InChI=1S/C25H23N3O2S/c1-14-5-7-20(17(4)10-14)23(29)28-25(31)26-19-6-8-22-21(13-19)27-24(30-22)18-11-15(2)9-16(3)12-18/h5-13H,1-4H3,(H2,26,28,29,31). The molecule has 0 spiro atoms. The number of amides is 1. The van der Waals surface area contributed by atoms with E-state index in [0.717, 1.165) is 33.5 Å². The summed E-state index contributed by atoms with van der Waals surface area (Å²) in [5.74, 6) is 0.333. The second kappa shape index (κ2) is 8.32. The lowest BCUT2D eigenvalue weighted by molar-refractivity contribution is 0.0977. The van der Waals surface area contributed by atoms with Gasteiger partial charge in [0, 0.05) is 16.8 Å². The Bertz CT molecular complexity index is 1300. The number of benzene rings is 3. The number of nitrogens with one attached hydrogen (secondary N) is 2. The Morgan fingerprint density at radius 1 is 0.903 bits per heavy atom. The van der Waals surface area contributed by atoms with Crippen molar-refractivity contribution in [3.63, 3.8) is 0 Å². The van der Waals surface area contributed by atoms with Crippen LogP contribution < -0.4 is 10.6 Å². The molecule has 4 rings (SSSR count). The zero-order valence-electron chi connectivity index (χ0n) is 17.9. The topological polar surface area (TPSA) is 67.2 Å². The van der Waals surface area contributed by atoms with E-state index in [1.807, 2.05) is 44.2 Å². The van der Waals surface area contributed by atoms with Crippen LogP contribution >= 0.6 is 12.2 Å². The number of aryl methyl sites for hydroxylation is 4. The lowest BCUT2D eigenvalue weighted by Gasteiger charge is -2.11. The molecule has 6 heteroatoms. The van der Waals surface area contributed by atoms with Gasteiger partial charge in [0.15, 0.2) is 10.7 Å². The van der Waals surface area contributed by atoms with Crippen LogP contribution in [0.1, 0.15) is 32.6 Å². The fourth-order valence-electron chi connectivity index (χ4n) is 3.63. The molecule has 0 unspecified atom stereocenters. The zero-order valence-corrected chi connectivity index (χ0v) is 18.7. The van der Waals surface area contributed by atoms with Crippen molar-refractivity contribution in [2.45, 2.75) is 27.7 Å². The molecule has 0 radical (unpaired) electrons. The number of anilines is 1. The van der Waals surface area contributed by atoms with Gasteiger partial charge in [-0.2, -0.15) is 0 Å². The maximum Gasteiger partial charge on any atom is 0.257 e. The van der Waals surface area contributed by atoms with Crippen LogP contribution in [0.3, 0.4) is 0 Å². The van der Waals surface area contributed by atoms with E-state index >= 15 is 0 Å². The second-order valence-electron chi connectivity index (χ2n) is 7.80. The minimum Gasteiger partial charge on any atom is -0.436 e. The van der Waals surface area contributed by atoms with E-state index in [0.29, 0.717) is 22.6 Å². The number of hydrogen-bond donors (Lipinski definition) is 2. The number of oxazole rings is 1. The highest BCUT2D eigenvalue weighted by Crippen LogP contribution is 2.27. The van der Waals surface area contributed by atoms with Gasteiger partial charge in [-0.1, -0.05) is 34.9 Å². The van der Waals surface area contributed by atoms with E-state index in [4.69, 9.17) is 16.6 Å². The Hall–Kier alpha value is -3.51. The van der Waals surface area contributed by atoms with E-state index < -0.39 is 0 Å². The summed E-state index contributed by atoms with van der Waals surface area (Å²) in [6, 6.07) is 17.4. The van der Waals surface area contributed by atoms with Crippen LogP contribution in [0.5, 0.6) is 0 Å². The van der Waals surface area contributed by atoms with Crippen LogP contribution in [0.4, 0.5) is 5.69 Å². The van der Waals surface area contributed by atoms with Gasteiger partial charge in [0.2, 0.25) is 5.89 Å². The van der Waals surface area contributed by atoms with E-state index in [2.05, 4.69) is 47.7 Å². The number of fused-ring (bicyclic) bond motifs is 1. The molecule has 0 saturated heterocycles. The molecule has 31 heavy (non-hydrogen) atoms. The molecule has 0 atom stereocenters. The van der Waals surface area contributed by atoms with E-state index in [-0.39, 0.29) is 11.0 Å². The van der Waals surface area contributed by atoms with E-state index in [1.165, 1.54) is 0 Å². The summed E-state index contributed by atoms with van der Waals surface area (Å²) in [4.78, 5) is 17.2. The average molecular weight is 430 g/mol. The van der Waals surface area contributed by atoms with Crippen molar-refractivity contribution >= 4 is 40.0 Å². The van der Waals surface area contributed by atoms with Gasteiger partial charge in [0.05, 0.1) is 0 Å². The second-order valence-corrected chi connectivity index (χ2v) is 8.21. The third kappa shape index (κ3) is 4.64. The first kappa shape index (κ1) is 20.8. The lowest BCUT2D eigenvalue weighted by atomic mass is 10.1. The Labute approximate surface area is 186 Å². The Kier molecular flexibility index (Phi) is 5.57. The molecule has 1 aromatic heterocycles. The van der Waals surface area contributed by atoms with Crippen molar-refractivity contribution < 1.29 is 9.21 Å². The highest BCUT2D eigenvalue weighted by atomic mass is 32.1. The fraction of sp³-hybridized carbons (Fsp3) is 0.160. The van der Waals surface area contributed by atoms with Crippen molar-refractivity contribution in [2.24, 2.45) is 0 Å².